The average Bonchev–Trinajstić information content (AvgIpc) is 3.16. The van der Waals surface area contributed by atoms with Crippen LogP contribution >= 0.6 is 11.8 Å². The van der Waals surface area contributed by atoms with E-state index in [4.69, 9.17) is 4.74 Å². The Morgan fingerprint density at radius 1 is 1.08 bits per heavy atom. The highest BCUT2D eigenvalue weighted by Gasteiger charge is 2.37. The van der Waals surface area contributed by atoms with Gasteiger partial charge in [0, 0.05) is 44.6 Å². The van der Waals surface area contributed by atoms with Crippen LogP contribution in [0.2, 0.25) is 0 Å². The van der Waals surface area contributed by atoms with Gasteiger partial charge in [0.05, 0.1) is 5.25 Å². The molecule has 1 unspecified atom stereocenters. The molecule has 0 radical (unpaired) electrons. The monoisotopic (exact) mass is 515 g/mol. The molecule has 36 heavy (non-hydrogen) atoms. The second-order valence-corrected chi connectivity index (χ2v) is 9.10. The summed E-state index contributed by atoms with van der Waals surface area (Å²) in [6, 6.07) is 7.39. The van der Waals surface area contributed by atoms with E-state index in [1.54, 1.807) is 13.2 Å². The van der Waals surface area contributed by atoms with Gasteiger partial charge in [0.1, 0.15) is 6.61 Å². The first kappa shape index (κ1) is 27.1. The molecule has 2 N–H and O–H groups in total. The van der Waals surface area contributed by atoms with Gasteiger partial charge in [-0.3, -0.25) is 24.1 Å². The average molecular weight is 516 g/mol. The summed E-state index contributed by atoms with van der Waals surface area (Å²) in [4.78, 5) is 49.0. The van der Waals surface area contributed by atoms with Crippen LogP contribution in [0.3, 0.4) is 0 Å². The van der Waals surface area contributed by atoms with Gasteiger partial charge in [-0.05, 0) is 25.2 Å². The molecule has 0 saturated carbocycles. The number of aryl methyl sites for hydroxylation is 1. The maximum Gasteiger partial charge on any atom is 0.246 e. The van der Waals surface area contributed by atoms with Gasteiger partial charge in [0.2, 0.25) is 29.5 Å². The van der Waals surface area contributed by atoms with Crippen molar-refractivity contribution in [3.8, 4) is 11.4 Å². The van der Waals surface area contributed by atoms with Gasteiger partial charge in [0.15, 0.2) is 5.82 Å². The van der Waals surface area contributed by atoms with Crippen LogP contribution < -0.4 is 10.6 Å². The van der Waals surface area contributed by atoms with Crippen molar-refractivity contribution in [2.75, 3.05) is 32.6 Å². The second-order valence-electron chi connectivity index (χ2n) is 8.06. The van der Waals surface area contributed by atoms with Gasteiger partial charge in [-0.25, -0.2) is 0 Å². The molecule has 3 rings (SSSR count). The van der Waals surface area contributed by atoms with Crippen LogP contribution in [0.1, 0.15) is 30.7 Å². The number of likely N-dealkylation sites (tertiary alicyclic amines) is 1. The van der Waals surface area contributed by atoms with Gasteiger partial charge in [-0.15, -0.1) is 20.4 Å². The molecule has 0 spiro atoms. The highest BCUT2D eigenvalue weighted by Crippen LogP contribution is 2.23. The molecular weight excluding hydrogens is 486 g/mol. The maximum absolute atomic E-state index is 12.0. The first-order valence-electron chi connectivity index (χ1n) is 11.5. The third-order valence-corrected chi connectivity index (χ3v) is 6.29. The highest BCUT2D eigenvalue weighted by atomic mass is 32.2. The van der Waals surface area contributed by atoms with E-state index in [1.165, 1.54) is 11.8 Å². The van der Waals surface area contributed by atoms with Crippen molar-refractivity contribution >= 4 is 35.4 Å². The molecule has 13 heteroatoms. The van der Waals surface area contributed by atoms with Crippen LogP contribution in [-0.4, -0.2) is 86.7 Å². The predicted octanol–water partition coefficient (Wildman–Crippen LogP) is 0.262. The topological polar surface area (TPSA) is 156 Å². The van der Waals surface area contributed by atoms with Gasteiger partial charge >= 0.3 is 0 Å². The standard InChI is InChI=1S/C23H29N7O5S/c1-15-26-28-22(29-27-15)17-6-4-16(5-7-17)13-25-20(32)14-35-11-3-9-24-19(31)8-10-30-21(33)12-18(36-2)23(30)34/h4-7,18H,3,8-14H2,1-2H3,(H,24,31)(H,25,32). The number of nitrogens with zero attached hydrogens (tertiary/aromatic N) is 5. The lowest BCUT2D eigenvalue weighted by atomic mass is 10.1. The van der Waals surface area contributed by atoms with Crippen LogP contribution in [0.4, 0.5) is 0 Å². The number of hydrogen-bond donors (Lipinski definition) is 2. The molecule has 4 amide bonds. The lowest BCUT2D eigenvalue weighted by Gasteiger charge is -2.14. The summed E-state index contributed by atoms with van der Waals surface area (Å²) in [5.74, 6) is -0.0178. The first-order valence-corrected chi connectivity index (χ1v) is 12.8. The van der Waals surface area contributed by atoms with Crippen molar-refractivity contribution in [1.29, 1.82) is 0 Å². The van der Waals surface area contributed by atoms with E-state index in [-0.39, 0.29) is 54.9 Å². The molecule has 0 aliphatic carbocycles. The van der Waals surface area contributed by atoms with Crippen LogP contribution in [-0.2, 0) is 30.5 Å². The summed E-state index contributed by atoms with van der Waals surface area (Å²) >= 11 is 1.34. The molecule has 1 aromatic carbocycles. The maximum atomic E-state index is 12.0. The number of amides is 4. The number of carbonyl (C=O) groups excluding carboxylic acids is 4. The van der Waals surface area contributed by atoms with Crippen molar-refractivity contribution in [3.63, 3.8) is 0 Å². The van der Waals surface area contributed by atoms with Gasteiger partial charge in [-0.1, -0.05) is 24.3 Å². The molecule has 192 valence electrons. The molecule has 1 saturated heterocycles. The molecule has 1 atom stereocenters. The molecule has 1 aliphatic heterocycles. The Hall–Kier alpha value is -3.45. The minimum Gasteiger partial charge on any atom is -0.372 e. The zero-order valence-corrected chi connectivity index (χ0v) is 21.0. The van der Waals surface area contributed by atoms with Crippen molar-refractivity contribution in [2.24, 2.45) is 0 Å². The molecule has 1 aromatic heterocycles. The largest absolute Gasteiger partial charge is 0.372 e. The highest BCUT2D eigenvalue weighted by molar-refractivity contribution is 8.00. The van der Waals surface area contributed by atoms with Crippen molar-refractivity contribution < 1.29 is 23.9 Å². The molecular formula is C23H29N7O5S. The lowest BCUT2D eigenvalue weighted by Crippen LogP contribution is -2.35. The van der Waals surface area contributed by atoms with E-state index in [0.29, 0.717) is 37.8 Å². The second kappa shape index (κ2) is 13.6. The number of imide groups is 1. The molecule has 12 nitrogen and oxygen atoms in total. The summed E-state index contributed by atoms with van der Waals surface area (Å²) < 4.78 is 5.35. The fourth-order valence-electron chi connectivity index (χ4n) is 3.36. The van der Waals surface area contributed by atoms with Crippen LogP contribution in [0.5, 0.6) is 0 Å². The fourth-order valence-corrected chi connectivity index (χ4v) is 4.00. The van der Waals surface area contributed by atoms with E-state index in [0.717, 1.165) is 16.0 Å². The summed E-state index contributed by atoms with van der Waals surface area (Å²) in [6.07, 6.45) is 2.57. The third-order valence-electron chi connectivity index (χ3n) is 5.35. The number of benzene rings is 1. The van der Waals surface area contributed by atoms with Crippen LogP contribution in [0.25, 0.3) is 11.4 Å². The Labute approximate surface area is 213 Å². The Morgan fingerprint density at radius 3 is 2.47 bits per heavy atom. The molecule has 1 aliphatic rings. The van der Waals surface area contributed by atoms with Gasteiger partial charge in [-0.2, -0.15) is 11.8 Å². The molecule has 2 heterocycles. The van der Waals surface area contributed by atoms with Gasteiger partial charge in [0.25, 0.3) is 0 Å². The number of ether oxygens (including phenoxy) is 1. The van der Waals surface area contributed by atoms with Gasteiger partial charge < -0.3 is 15.4 Å². The van der Waals surface area contributed by atoms with E-state index < -0.39 is 0 Å². The number of hydrogen-bond acceptors (Lipinski definition) is 10. The number of aromatic nitrogens is 4. The number of rotatable bonds is 13. The Morgan fingerprint density at radius 2 is 1.81 bits per heavy atom. The van der Waals surface area contributed by atoms with Crippen molar-refractivity contribution in [3.05, 3.63) is 35.7 Å². The summed E-state index contributed by atoms with van der Waals surface area (Å²) in [6.45, 7) is 2.75. The molecule has 1 fully saturated rings. The Kier molecular flexibility index (Phi) is 10.2. The molecule has 2 aromatic rings. The third kappa shape index (κ3) is 8.05. The van der Waals surface area contributed by atoms with Crippen LogP contribution in [0, 0.1) is 6.92 Å². The van der Waals surface area contributed by atoms with E-state index in [1.807, 2.05) is 24.3 Å². The minimum atomic E-state index is -0.342. The quantitative estimate of drug-likeness (QED) is 0.280. The zero-order valence-electron chi connectivity index (χ0n) is 20.2. The van der Waals surface area contributed by atoms with E-state index >= 15 is 0 Å². The zero-order chi connectivity index (χ0) is 25.9. The summed E-state index contributed by atoms with van der Waals surface area (Å²) in [5, 5.41) is 20.9. The smallest absolute Gasteiger partial charge is 0.246 e. The first-order chi connectivity index (χ1) is 17.4. The van der Waals surface area contributed by atoms with Crippen molar-refractivity contribution in [1.82, 2.24) is 35.9 Å². The normalized spacial score (nSPS) is 15.3. The van der Waals surface area contributed by atoms with Crippen LogP contribution in [0.15, 0.2) is 24.3 Å². The SMILES string of the molecule is CSC1CC(=O)N(CCC(=O)NCCCOCC(=O)NCc2ccc(-c3nnc(C)nn3)cc2)C1=O. The fraction of sp³-hybridized carbons (Fsp3) is 0.478. The summed E-state index contributed by atoms with van der Waals surface area (Å²) in [7, 11) is 0. The number of thioether (sulfide) groups is 1. The van der Waals surface area contributed by atoms with E-state index in [9.17, 15) is 19.2 Å². The Balaban J connectivity index is 1.23. The van der Waals surface area contributed by atoms with Crippen molar-refractivity contribution in [2.45, 2.75) is 38.0 Å². The number of nitrogens with one attached hydrogen (secondary N) is 2. The predicted molar refractivity (Wildman–Crippen MR) is 131 cm³/mol. The Bertz CT molecular complexity index is 1070. The number of carbonyl (C=O) groups is 4. The minimum absolute atomic E-state index is 0.0641. The summed E-state index contributed by atoms with van der Waals surface area (Å²) in [5.41, 5.74) is 1.69. The van der Waals surface area contributed by atoms with E-state index in [2.05, 4.69) is 31.0 Å². The molecule has 0 bridgehead atoms. The lowest BCUT2D eigenvalue weighted by molar-refractivity contribution is -0.138.